The van der Waals surface area contributed by atoms with Gasteiger partial charge in [0.15, 0.2) is 12.1 Å². The first-order valence-electron chi connectivity index (χ1n) is 5.01. The maximum absolute atomic E-state index is 11.9. The van der Waals surface area contributed by atoms with E-state index in [4.69, 9.17) is 0 Å². The minimum atomic E-state index is -1.40. The fourth-order valence-corrected chi connectivity index (χ4v) is 2.58. The van der Waals surface area contributed by atoms with Crippen LogP contribution in [0.25, 0.3) is 0 Å². The van der Waals surface area contributed by atoms with E-state index in [1.165, 1.54) is 0 Å². The van der Waals surface area contributed by atoms with E-state index >= 15 is 0 Å². The lowest BCUT2D eigenvalue weighted by Crippen LogP contribution is -2.24. The lowest BCUT2D eigenvalue weighted by Gasteiger charge is -2.14. The van der Waals surface area contributed by atoms with Gasteiger partial charge in [-0.05, 0) is 0 Å². The van der Waals surface area contributed by atoms with E-state index in [1.807, 2.05) is 0 Å². The van der Waals surface area contributed by atoms with Gasteiger partial charge in [0.05, 0.1) is 8.07 Å². The van der Waals surface area contributed by atoms with Crippen LogP contribution in [0.5, 0.6) is 0 Å². The van der Waals surface area contributed by atoms with E-state index in [2.05, 4.69) is 19.6 Å². The lowest BCUT2D eigenvalue weighted by molar-refractivity contribution is 0.100. The molecule has 0 aliphatic carbocycles. The first kappa shape index (κ1) is 11.8. The van der Waals surface area contributed by atoms with Crippen LogP contribution in [0, 0.1) is 0 Å². The van der Waals surface area contributed by atoms with Crippen molar-refractivity contribution in [3.8, 4) is 0 Å². The Morgan fingerprint density at radius 3 is 2.40 bits per heavy atom. The maximum atomic E-state index is 11.9. The monoisotopic (exact) mass is 220 g/mol. The molecule has 1 rings (SSSR count). The van der Waals surface area contributed by atoms with Gasteiger partial charge in [0.2, 0.25) is 0 Å². The second-order valence-electron chi connectivity index (χ2n) is 4.87. The summed E-state index contributed by atoms with van der Waals surface area (Å²) in [5.41, 5.74) is 1.07. The summed E-state index contributed by atoms with van der Waals surface area (Å²) in [6.07, 6.45) is 0.747. The van der Waals surface area contributed by atoms with E-state index < -0.39 is 8.07 Å². The van der Waals surface area contributed by atoms with Crippen LogP contribution in [-0.4, -0.2) is 20.1 Å². The highest BCUT2D eigenvalue weighted by Crippen LogP contribution is 2.16. The molecule has 0 heterocycles. The molecule has 1 aromatic rings. The zero-order valence-corrected chi connectivity index (χ0v) is 10.4. The van der Waals surface area contributed by atoms with Crippen LogP contribution in [0.1, 0.15) is 20.7 Å². The Labute approximate surface area is 91.3 Å². The quantitative estimate of drug-likeness (QED) is 0.444. The smallest absolute Gasteiger partial charge is 0.160 e. The molecule has 0 fully saturated rings. The summed E-state index contributed by atoms with van der Waals surface area (Å²) >= 11 is 0. The molecule has 0 N–H and O–H groups in total. The third kappa shape index (κ3) is 3.44. The lowest BCUT2D eigenvalue weighted by atomic mass is 10.1. The molecule has 0 radical (unpaired) electrons. The van der Waals surface area contributed by atoms with Crippen molar-refractivity contribution in [3.05, 3.63) is 35.4 Å². The molecule has 0 spiro atoms. The van der Waals surface area contributed by atoms with Gasteiger partial charge in [0, 0.05) is 17.2 Å². The number of carbonyl (C=O) groups excluding carboxylic acids is 2. The molecule has 0 bridgehead atoms. The topological polar surface area (TPSA) is 34.1 Å². The second-order valence-corrected chi connectivity index (χ2v) is 10.3. The van der Waals surface area contributed by atoms with Crippen molar-refractivity contribution < 1.29 is 9.59 Å². The fourth-order valence-electron chi connectivity index (χ4n) is 1.43. The van der Waals surface area contributed by atoms with Crippen molar-refractivity contribution in [2.45, 2.75) is 25.7 Å². The SMILES string of the molecule is C[Si](C)(C)CC(=O)c1ccccc1C=O. The standard InChI is InChI=1S/C12H16O2Si/c1-15(2,3)9-12(14)11-7-5-4-6-10(11)8-13/h4-8H,9H2,1-3H3. The van der Waals surface area contributed by atoms with Gasteiger partial charge >= 0.3 is 0 Å². The molecule has 0 aromatic heterocycles. The first-order chi connectivity index (χ1) is 6.94. The number of rotatable bonds is 4. The average Bonchev–Trinajstić information content (AvgIpc) is 2.15. The number of aldehydes is 1. The van der Waals surface area contributed by atoms with Crippen LogP contribution in [0.2, 0.25) is 25.7 Å². The molecule has 2 nitrogen and oxygen atoms in total. The van der Waals surface area contributed by atoms with E-state index in [0.29, 0.717) is 17.2 Å². The molecule has 0 aliphatic rings. The van der Waals surface area contributed by atoms with Crippen molar-refractivity contribution in [1.82, 2.24) is 0 Å². The molecular formula is C12H16O2Si. The van der Waals surface area contributed by atoms with Gasteiger partial charge in [-0.15, -0.1) is 0 Å². The molecular weight excluding hydrogens is 204 g/mol. The summed E-state index contributed by atoms with van der Waals surface area (Å²) in [4.78, 5) is 22.7. The Morgan fingerprint density at radius 1 is 1.27 bits per heavy atom. The summed E-state index contributed by atoms with van der Waals surface area (Å²) < 4.78 is 0. The highest BCUT2D eigenvalue weighted by Gasteiger charge is 2.20. The average molecular weight is 220 g/mol. The van der Waals surface area contributed by atoms with Crippen molar-refractivity contribution in [2.75, 3.05) is 0 Å². The van der Waals surface area contributed by atoms with Crippen molar-refractivity contribution in [1.29, 1.82) is 0 Å². The maximum Gasteiger partial charge on any atom is 0.160 e. The van der Waals surface area contributed by atoms with Crippen molar-refractivity contribution in [3.63, 3.8) is 0 Å². The molecule has 0 saturated heterocycles. The van der Waals surface area contributed by atoms with Gasteiger partial charge in [-0.1, -0.05) is 43.9 Å². The first-order valence-corrected chi connectivity index (χ1v) is 8.72. The number of Topliss-reactive ketones (excluding diaryl/α,β-unsaturated/α-hetero) is 1. The van der Waals surface area contributed by atoms with Crippen LogP contribution < -0.4 is 0 Å². The Bertz CT molecular complexity index is 377. The highest BCUT2D eigenvalue weighted by molar-refractivity contribution is 6.79. The van der Waals surface area contributed by atoms with Crippen LogP contribution >= 0.6 is 0 Å². The van der Waals surface area contributed by atoms with Gasteiger partial charge in [0.25, 0.3) is 0 Å². The molecule has 0 aliphatic heterocycles. The normalized spacial score (nSPS) is 11.1. The van der Waals surface area contributed by atoms with Crippen molar-refractivity contribution >= 4 is 20.1 Å². The molecule has 0 unspecified atom stereocenters. The van der Waals surface area contributed by atoms with Gasteiger partial charge in [-0.2, -0.15) is 0 Å². The second kappa shape index (κ2) is 4.53. The predicted molar refractivity (Wildman–Crippen MR) is 64.3 cm³/mol. The van der Waals surface area contributed by atoms with Gasteiger partial charge in [-0.3, -0.25) is 9.59 Å². The summed E-state index contributed by atoms with van der Waals surface area (Å²) in [6.45, 7) is 6.44. The van der Waals surface area contributed by atoms with E-state index in [0.717, 1.165) is 6.29 Å². The number of benzene rings is 1. The zero-order chi connectivity index (χ0) is 11.5. The molecule has 0 amide bonds. The summed E-state index contributed by atoms with van der Waals surface area (Å²) in [5.74, 6) is 0.0943. The predicted octanol–water partition coefficient (Wildman–Crippen LogP) is 3.02. The Hall–Kier alpha value is -1.22. The molecule has 80 valence electrons. The Kier molecular flexibility index (Phi) is 3.58. The number of carbonyl (C=O) groups is 2. The minimum absolute atomic E-state index is 0.0943. The van der Waals surface area contributed by atoms with E-state index in [-0.39, 0.29) is 5.78 Å². The largest absolute Gasteiger partial charge is 0.298 e. The Balaban J connectivity index is 2.96. The Morgan fingerprint density at radius 2 is 1.87 bits per heavy atom. The number of ketones is 1. The summed E-state index contributed by atoms with van der Waals surface area (Å²) in [7, 11) is -1.40. The number of hydrogen-bond donors (Lipinski definition) is 0. The van der Waals surface area contributed by atoms with Gasteiger partial charge in [0.1, 0.15) is 0 Å². The third-order valence-electron chi connectivity index (χ3n) is 2.08. The molecule has 0 saturated carbocycles. The van der Waals surface area contributed by atoms with Gasteiger partial charge in [-0.25, -0.2) is 0 Å². The van der Waals surface area contributed by atoms with Gasteiger partial charge < -0.3 is 0 Å². The zero-order valence-electron chi connectivity index (χ0n) is 9.41. The van der Waals surface area contributed by atoms with Crippen LogP contribution in [0.4, 0.5) is 0 Å². The molecule has 3 heteroatoms. The summed E-state index contributed by atoms with van der Waals surface area (Å²) in [5, 5.41) is 0. The van der Waals surface area contributed by atoms with Crippen molar-refractivity contribution in [2.24, 2.45) is 0 Å². The van der Waals surface area contributed by atoms with Crippen LogP contribution in [-0.2, 0) is 0 Å². The minimum Gasteiger partial charge on any atom is -0.298 e. The fraction of sp³-hybridized carbons (Fsp3) is 0.333. The van der Waals surface area contributed by atoms with Crippen LogP contribution in [0.15, 0.2) is 24.3 Å². The van der Waals surface area contributed by atoms with E-state index in [9.17, 15) is 9.59 Å². The molecule has 15 heavy (non-hydrogen) atoms. The summed E-state index contributed by atoms with van der Waals surface area (Å²) in [6, 6.07) is 7.58. The molecule has 1 aromatic carbocycles. The third-order valence-corrected chi connectivity index (χ3v) is 3.46. The highest BCUT2D eigenvalue weighted by atomic mass is 28.3. The molecule has 0 atom stereocenters. The van der Waals surface area contributed by atoms with Crippen LogP contribution in [0.3, 0.4) is 0 Å². The number of hydrogen-bond acceptors (Lipinski definition) is 2. The van der Waals surface area contributed by atoms with E-state index in [1.54, 1.807) is 24.3 Å².